The molecule has 0 aromatic heterocycles. The van der Waals surface area contributed by atoms with Crippen molar-refractivity contribution >= 4 is 0 Å². The molecule has 0 atom stereocenters. The lowest BCUT2D eigenvalue weighted by Gasteiger charge is -2.27. The van der Waals surface area contributed by atoms with Gasteiger partial charge in [-0.25, -0.2) is 0 Å². The van der Waals surface area contributed by atoms with Gasteiger partial charge in [0.15, 0.2) is 0 Å². The van der Waals surface area contributed by atoms with Gasteiger partial charge in [-0.2, -0.15) is 0 Å². The normalized spacial score (nSPS) is 12.9. The minimum Gasteiger partial charge on any atom is -0.507 e. The van der Waals surface area contributed by atoms with E-state index < -0.39 is 0 Å². The van der Waals surface area contributed by atoms with Crippen LogP contribution in [-0.4, -0.2) is 5.11 Å². The minimum absolute atomic E-state index is 0.00867. The van der Waals surface area contributed by atoms with Gasteiger partial charge in [-0.3, -0.25) is 0 Å². The summed E-state index contributed by atoms with van der Waals surface area (Å²) in [6, 6.07) is 4.21. The van der Waals surface area contributed by atoms with E-state index in [9.17, 15) is 5.11 Å². The molecule has 0 aliphatic carbocycles. The molecule has 0 bridgehead atoms. The summed E-state index contributed by atoms with van der Waals surface area (Å²) in [5, 5.41) is 10.3. The number of phenols is 1. The zero-order valence-electron chi connectivity index (χ0n) is 11.6. The van der Waals surface area contributed by atoms with Crippen molar-refractivity contribution in [1.82, 2.24) is 0 Å². The Morgan fingerprint density at radius 2 is 1.19 bits per heavy atom. The van der Waals surface area contributed by atoms with Gasteiger partial charge in [0.05, 0.1) is 0 Å². The lowest BCUT2D eigenvalue weighted by atomic mass is 9.79. The van der Waals surface area contributed by atoms with Gasteiger partial charge >= 0.3 is 0 Å². The first-order chi connectivity index (χ1) is 7.05. The van der Waals surface area contributed by atoms with Crippen LogP contribution in [0.5, 0.6) is 5.75 Å². The van der Waals surface area contributed by atoms with Gasteiger partial charge in [0.2, 0.25) is 0 Å². The summed E-state index contributed by atoms with van der Waals surface area (Å²) < 4.78 is 0. The molecule has 0 heterocycles. The largest absolute Gasteiger partial charge is 0.507 e. The van der Waals surface area contributed by atoms with Crippen LogP contribution in [0.3, 0.4) is 0 Å². The minimum atomic E-state index is -0.00867. The lowest BCUT2D eigenvalue weighted by molar-refractivity contribution is 0.438. The van der Waals surface area contributed by atoms with Gasteiger partial charge in [-0.05, 0) is 34.4 Å². The zero-order valence-corrected chi connectivity index (χ0v) is 11.6. The third kappa shape index (κ3) is 2.40. The Bertz CT molecular complexity index is 350. The summed E-state index contributed by atoms with van der Waals surface area (Å²) in [5.74, 6) is 0.458. The summed E-state index contributed by atoms with van der Waals surface area (Å²) in [6.45, 7) is 14.9. The number of aromatic hydroxyl groups is 1. The summed E-state index contributed by atoms with van der Waals surface area (Å²) >= 11 is 0. The van der Waals surface area contributed by atoms with Gasteiger partial charge in [0.25, 0.3) is 0 Å². The fraction of sp³-hybridized carbons (Fsp3) is 0.600. The quantitative estimate of drug-likeness (QED) is 0.691. The van der Waals surface area contributed by atoms with Crippen molar-refractivity contribution in [2.75, 3.05) is 0 Å². The third-order valence-electron chi connectivity index (χ3n) is 3.05. The maximum absolute atomic E-state index is 10.3. The highest BCUT2D eigenvalue weighted by Gasteiger charge is 2.24. The van der Waals surface area contributed by atoms with Gasteiger partial charge in [-0.15, -0.1) is 0 Å². The average molecular weight is 220 g/mol. The third-order valence-corrected chi connectivity index (χ3v) is 3.05. The molecule has 0 unspecified atom stereocenters. The Kier molecular flexibility index (Phi) is 3.11. The van der Waals surface area contributed by atoms with E-state index in [0.717, 1.165) is 11.1 Å². The molecule has 0 radical (unpaired) electrons. The number of phenolic OH excluding ortho intramolecular Hbond substituents is 1. The molecule has 0 amide bonds. The molecular weight excluding hydrogens is 196 g/mol. The van der Waals surface area contributed by atoms with Crippen LogP contribution in [0.4, 0.5) is 0 Å². The number of hydrogen-bond donors (Lipinski definition) is 1. The van der Waals surface area contributed by atoms with Crippen LogP contribution in [-0.2, 0) is 10.8 Å². The van der Waals surface area contributed by atoms with E-state index >= 15 is 0 Å². The predicted octanol–water partition coefficient (Wildman–Crippen LogP) is 4.30. The van der Waals surface area contributed by atoms with Gasteiger partial charge in [-0.1, -0.05) is 53.7 Å². The van der Waals surface area contributed by atoms with Crippen molar-refractivity contribution in [3.8, 4) is 5.75 Å². The van der Waals surface area contributed by atoms with Crippen LogP contribution in [0.1, 0.15) is 58.2 Å². The van der Waals surface area contributed by atoms with E-state index in [1.54, 1.807) is 0 Å². The first-order valence-electron chi connectivity index (χ1n) is 5.88. The van der Waals surface area contributed by atoms with E-state index in [2.05, 4.69) is 53.7 Å². The fourth-order valence-corrected chi connectivity index (χ4v) is 2.12. The molecule has 1 heteroatoms. The molecule has 90 valence electrons. The summed E-state index contributed by atoms with van der Waals surface area (Å²) in [7, 11) is 0. The Balaban J connectivity index is 3.41. The van der Waals surface area contributed by atoms with Crippen LogP contribution in [0.25, 0.3) is 0 Å². The molecule has 0 saturated heterocycles. The van der Waals surface area contributed by atoms with Crippen molar-refractivity contribution in [2.24, 2.45) is 0 Å². The molecule has 0 fully saturated rings. The molecule has 1 aromatic rings. The molecule has 0 saturated carbocycles. The van der Waals surface area contributed by atoms with E-state index in [4.69, 9.17) is 0 Å². The SMILES string of the molecule is Cc1c(C(C)(C)C)ccc(C(C)(C)C)c1O. The molecule has 0 aliphatic rings. The molecular formula is C15H24O. The van der Waals surface area contributed by atoms with Gasteiger partial charge in [0, 0.05) is 0 Å². The molecule has 1 nitrogen and oxygen atoms in total. The fourth-order valence-electron chi connectivity index (χ4n) is 2.12. The summed E-state index contributed by atoms with van der Waals surface area (Å²) in [4.78, 5) is 0. The highest BCUT2D eigenvalue weighted by molar-refractivity contribution is 5.49. The predicted molar refractivity (Wildman–Crippen MR) is 70.2 cm³/mol. The van der Waals surface area contributed by atoms with Crippen LogP contribution in [0.15, 0.2) is 12.1 Å². The van der Waals surface area contributed by atoms with Crippen molar-refractivity contribution in [1.29, 1.82) is 0 Å². The molecule has 1 rings (SSSR count). The van der Waals surface area contributed by atoms with Crippen LogP contribution >= 0.6 is 0 Å². The maximum Gasteiger partial charge on any atom is 0.122 e. The average Bonchev–Trinajstić information content (AvgIpc) is 2.05. The highest BCUT2D eigenvalue weighted by atomic mass is 16.3. The van der Waals surface area contributed by atoms with Gasteiger partial charge < -0.3 is 5.11 Å². The zero-order chi connectivity index (χ0) is 12.7. The van der Waals surface area contributed by atoms with Crippen LogP contribution < -0.4 is 0 Å². The Hall–Kier alpha value is -0.980. The van der Waals surface area contributed by atoms with E-state index in [1.165, 1.54) is 5.56 Å². The summed E-state index contributed by atoms with van der Waals surface area (Å²) in [5.41, 5.74) is 3.33. The monoisotopic (exact) mass is 220 g/mol. The summed E-state index contributed by atoms with van der Waals surface area (Å²) in [6.07, 6.45) is 0. The molecule has 1 aromatic carbocycles. The first kappa shape index (κ1) is 13.1. The maximum atomic E-state index is 10.3. The lowest BCUT2D eigenvalue weighted by Crippen LogP contribution is -2.16. The number of rotatable bonds is 0. The second kappa shape index (κ2) is 3.80. The second-order valence-electron chi connectivity index (χ2n) is 6.63. The van der Waals surface area contributed by atoms with Crippen LogP contribution in [0, 0.1) is 6.92 Å². The Morgan fingerprint density at radius 3 is 1.56 bits per heavy atom. The molecule has 1 N–H and O–H groups in total. The first-order valence-corrected chi connectivity index (χ1v) is 5.88. The number of benzene rings is 1. The van der Waals surface area contributed by atoms with Crippen molar-refractivity contribution in [2.45, 2.75) is 59.3 Å². The van der Waals surface area contributed by atoms with Gasteiger partial charge in [0.1, 0.15) is 5.75 Å². The Labute approximate surface area is 99.5 Å². The van der Waals surface area contributed by atoms with E-state index in [0.29, 0.717) is 5.75 Å². The standard InChI is InChI=1S/C15H24O/c1-10-11(14(2,3)4)8-9-12(13(10)16)15(5,6)7/h8-9,16H,1-7H3. The van der Waals surface area contributed by atoms with E-state index in [-0.39, 0.29) is 10.8 Å². The van der Waals surface area contributed by atoms with E-state index in [1.807, 2.05) is 6.92 Å². The topological polar surface area (TPSA) is 20.2 Å². The molecule has 0 aliphatic heterocycles. The van der Waals surface area contributed by atoms with Crippen molar-refractivity contribution in [3.05, 3.63) is 28.8 Å². The Morgan fingerprint density at radius 1 is 0.812 bits per heavy atom. The van der Waals surface area contributed by atoms with Crippen LogP contribution in [0.2, 0.25) is 0 Å². The second-order valence-corrected chi connectivity index (χ2v) is 6.63. The van der Waals surface area contributed by atoms with Crippen molar-refractivity contribution < 1.29 is 5.11 Å². The molecule has 16 heavy (non-hydrogen) atoms. The number of hydrogen-bond acceptors (Lipinski definition) is 1. The van der Waals surface area contributed by atoms with Crippen molar-refractivity contribution in [3.63, 3.8) is 0 Å². The highest BCUT2D eigenvalue weighted by Crippen LogP contribution is 2.38. The molecule has 0 spiro atoms. The smallest absolute Gasteiger partial charge is 0.122 e.